The van der Waals surface area contributed by atoms with Gasteiger partial charge in [0.2, 0.25) is 11.8 Å². The molecular weight excluding hydrogens is 675 g/mol. The summed E-state index contributed by atoms with van der Waals surface area (Å²) in [6.07, 6.45) is 0. The largest absolute Gasteiger partial charge is 0.435 e. The van der Waals surface area contributed by atoms with Gasteiger partial charge in [0.15, 0.2) is 21.4 Å². The summed E-state index contributed by atoms with van der Waals surface area (Å²) in [5, 5.41) is 1.67. The second-order valence-corrected chi connectivity index (χ2v) is 16.5. The third-order valence-corrected chi connectivity index (χ3v) is 14.0. The van der Waals surface area contributed by atoms with Gasteiger partial charge in [-0.05, 0) is 71.4 Å². The van der Waals surface area contributed by atoms with Gasteiger partial charge < -0.3 is 8.83 Å². The molecule has 0 aliphatic carbocycles. The molecule has 0 aliphatic rings. The van der Waals surface area contributed by atoms with Gasteiger partial charge in [-0.1, -0.05) is 0 Å². The van der Waals surface area contributed by atoms with Gasteiger partial charge in [-0.15, -0.1) is 68.0 Å². The van der Waals surface area contributed by atoms with Crippen molar-refractivity contribution in [2.24, 2.45) is 0 Å². The molecule has 0 radical (unpaired) electrons. The van der Waals surface area contributed by atoms with Crippen molar-refractivity contribution in [1.29, 1.82) is 0 Å². The highest BCUT2D eigenvalue weighted by Gasteiger charge is 2.18. The van der Waals surface area contributed by atoms with Gasteiger partial charge in [0.1, 0.15) is 11.0 Å². The van der Waals surface area contributed by atoms with Crippen LogP contribution in [0.15, 0.2) is 81.6 Å². The number of benzene rings is 2. The minimum Gasteiger partial charge on any atom is -0.435 e. The van der Waals surface area contributed by atoms with E-state index >= 15 is 0 Å². The first-order valence-corrected chi connectivity index (χ1v) is 18.1. The number of thiophene rings is 6. The summed E-state index contributed by atoms with van der Waals surface area (Å²) in [6.45, 7) is 0. The Labute approximate surface area is 269 Å². The number of halogens is 2. The Bertz CT molecular complexity index is 2410. The van der Waals surface area contributed by atoms with E-state index in [0.29, 0.717) is 22.9 Å². The number of fused-ring (bicyclic) bond motifs is 5. The van der Waals surface area contributed by atoms with Gasteiger partial charge in [-0.2, -0.15) is 8.78 Å². The summed E-state index contributed by atoms with van der Waals surface area (Å²) < 4.78 is 43.4. The zero-order valence-electron chi connectivity index (χ0n) is 21.8. The van der Waals surface area contributed by atoms with Gasteiger partial charge in [0, 0.05) is 50.4 Å². The molecule has 0 unspecified atom stereocenters. The molecular formula is C32H12F2N2O2S6. The third-order valence-electron chi connectivity index (χ3n) is 7.33. The molecule has 0 spiro atoms. The highest BCUT2D eigenvalue weighted by Crippen LogP contribution is 2.44. The van der Waals surface area contributed by atoms with Crippen LogP contribution in [0.1, 0.15) is 0 Å². The topological polar surface area (TPSA) is 52.1 Å². The molecule has 8 heterocycles. The first-order valence-electron chi connectivity index (χ1n) is 13.2. The molecule has 0 N–H and O–H groups in total. The van der Waals surface area contributed by atoms with Gasteiger partial charge in [0.25, 0.3) is 0 Å². The fourth-order valence-corrected chi connectivity index (χ4v) is 11.6. The van der Waals surface area contributed by atoms with Crippen LogP contribution in [-0.2, 0) is 0 Å². The Hall–Kier alpha value is -3.78. The molecule has 10 aromatic rings. The maximum atomic E-state index is 13.5. The lowest BCUT2D eigenvalue weighted by molar-refractivity contribution is 0.621. The first kappa shape index (κ1) is 25.5. The molecule has 8 aromatic heterocycles. The van der Waals surface area contributed by atoms with E-state index in [1.54, 1.807) is 57.5 Å². The molecule has 12 heteroatoms. The quantitative estimate of drug-likeness (QED) is 0.185. The van der Waals surface area contributed by atoms with E-state index in [4.69, 9.17) is 18.8 Å². The lowest BCUT2D eigenvalue weighted by Crippen LogP contribution is -1.76. The van der Waals surface area contributed by atoms with E-state index in [1.807, 2.05) is 48.5 Å². The average molecular weight is 687 g/mol. The number of rotatable bonds is 4. The summed E-state index contributed by atoms with van der Waals surface area (Å²) in [5.74, 6) is 1.15. The Balaban J connectivity index is 0.972. The highest BCUT2D eigenvalue weighted by molar-refractivity contribution is 7.31. The van der Waals surface area contributed by atoms with Crippen molar-refractivity contribution in [1.82, 2.24) is 9.97 Å². The molecule has 10 rings (SSSR count). The Morgan fingerprint density at radius 2 is 0.864 bits per heavy atom. The second kappa shape index (κ2) is 9.36. The summed E-state index contributed by atoms with van der Waals surface area (Å²) in [6, 6.07) is 23.5. The molecule has 0 atom stereocenters. The molecule has 0 amide bonds. The molecule has 0 saturated heterocycles. The average Bonchev–Trinajstić information content (AvgIpc) is 3.82. The van der Waals surface area contributed by atoms with Crippen LogP contribution < -0.4 is 0 Å². The summed E-state index contributed by atoms with van der Waals surface area (Å²) in [4.78, 5) is 15.9. The lowest BCUT2D eigenvalue weighted by Gasteiger charge is -1.96. The first-order chi connectivity index (χ1) is 21.5. The van der Waals surface area contributed by atoms with E-state index in [9.17, 15) is 8.78 Å². The maximum Gasteiger partial charge on any atom is 0.237 e. The van der Waals surface area contributed by atoms with Crippen LogP contribution in [0.3, 0.4) is 0 Å². The Morgan fingerprint density at radius 3 is 1.32 bits per heavy atom. The summed E-state index contributed by atoms with van der Waals surface area (Å²) >= 11 is 8.76. The van der Waals surface area contributed by atoms with E-state index < -0.39 is 0 Å². The normalized spacial score (nSPS) is 12.3. The van der Waals surface area contributed by atoms with Gasteiger partial charge in [0.05, 0.1) is 9.75 Å². The summed E-state index contributed by atoms with van der Waals surface area (Å²) in [5.41, 5.74) is 2.95. The fourth-order valence-electron chi connectivity index (χ4n) is 5.33. The van der Waals surface area contributed by atoms with Crippen LogP contribution in [0, 0.1) is 10.3 Å². The zero-order chi connectivity index (χ0) is 29.1. The van der Waals surface area contributed by atoms with E-state index in [2.05, 4.69) is 12.1 Å². The molecule has 212 valence electrons. The van der Waals surface area contributed by atoms with Crippen LogP contribution in [-0.4, -0.2) is 9.97 Å². The number of aromatic nitrogens is 2. The van der Waals surface area contributed by atoms with Crippen LogP contribution in [0.2, 0.25) is 0 Å². The number of nitrogens with zero attached hydrogens (tertiary/aromatic N) is 2. The van der Waals surface area contributed by atoms with Crippen molar-refractivity contribution in [2.75, 3.05) is 0 Å². The second-order valence-electron chi connectivity index (χ2n) is 10.1. The molecule has 0 saturated carbocycles. The smallest absolute Gasteiger partial charge is 0.237 e. The predicted molar refractivity (Wildman–Crippen MR) is 183 cm³/mol. The van der Waals surface area contributed by atoms with Crippen molar-refractivity contribution in [2.45, 2.75) is 0 Å². The van der Waals surface area contributed by atoms with Crippen molar-refractivity contribution < 1.29 is 17.6 Å². The maximum absolute atomic E-state index is 13.5. The van der Waals surface area contributed by atoms with Crippen molar-refractivity contribution in [3.05, 3.63) is 83.1 Å². The molecule has 0 bridgehead atoms. The summed E-state index contributed by atoms with van der Waals surface area (Å²) in [7, 11) is 0. The van der Waals surface area contributed by atoms with Crippen molar-refractivity contribution >= 4 is 120 Å². The van der Waals surface area contributed by atoms with E-state index in [1.165, 1.54) is 22.7 Å². The molecule has 44 heavy (non-hydrogen) atoms. The molecule has 4 nitrogen and oxygen atoms in total. The van der Waals surface area contributed by atoms with Crippen LogP contribution >= 0.6 is 68.0 Å². The number of hydrogen-bond donors (Lipinski definition) is 0. The number of hydrogen-bond acceptors (Lipinski definition) is 10. The van der Waals surface area contributed by atoms with Crippen LogP contribution in [0.5, 0.6) is 0 Å². The Morgan fingerprint density at radius 1 is 0.432 bits per heavy atom. The SMILES string of the molecule is Fc1cc2sc(-c3ccc(-c4nc5cc6cc7oc(-c8ccc(-c9cc%10sc(F)cc%10s9)s8)nc7cc6cc5o4)s3)cc2s1. The van der Waals surface area contributed by atoms with E-state index in [-0.39, 0.29) is 10.3 Å². The Kier molecular flexibility index (Phi) is 5.43. The van der Waals surface area contributed by atoms with Crippen LogP contribution in [0.4, 0.5) is 8.78 Å². The fraction of sp³-hybridized carbons (Fsp3) is 0. The minimum atomic E-state index is -0.154. The molecule has 0 aliphatic heterocycles. The standard InChI is InChI=1S/C32H12F2N2O2S6/c33-29-11-27-25(43-29)9-23(41-27)19-1-3-21(39-19)31-35-15-5-13-8-18-16(6-14(13)7-17(15)37-31)36-32(38-18)22-4-2-20(40-22)24-10-26-28(42-24)12-30(34)44-26/h1-12H. The van der Waals surface area contributed by atoms with Gasteiger partial charge in [-0.25, -0.2) is 9.97 Å². The predicted octanol–water partition coefficient (Wildman–Crippen LogP) is 12.7. The van der Waals surface area contributed by atoms with Crippen molar-refractivity contribution in [3.63, 3.8) is 0 Å². The van der Waals surface area contributed by atoms with Crippen molar-refractivity contribution in [3.8, 4) is 41.0 Å². The van der Waals surface area contributed by atoms with E-state index in [0.717, 1.165) is 69.9 Å². The monoisotopic (exact) mass is 686 g/mol. The molecule has 0 fully saturated rings. The molecule has 2 aromatic carbocycles. The van der Waals surface area contributed by atoms with Gasteiger partial charge in [-0.3, -0.25) is 0 Å². The number of oxazole rings is 2. The van der Waals surface area contributed by atoms with Gasteiger partial charge >= 0.3 is 0 Å². The zero-order valence-corrected chi connectivity index (χ0v) is 26.7. The highest BCUT2D eigenvalue weighted by atomic mass is 32.1. The third kappa shape index (κ3) is 4.06. The minimum absolute atomic E-state index is 0.154. The lowest BCUT2D eigenvalue weighted by atomic mass is 10.1. The van der Waals surface area contributed by atoms with Crippen LogP contribution in [0.25, 0.3) is 92.8 Å².